The highest BCUT2D eigenvalue weighted by Gasteiger charge is 2.32. The molecule has 14 heteroatoms. The van der Waals surface area contributed by atoms with E-state index < -0.39 is 75.1 Å². The Morgan fingerprint density at radius 1 is 0.426 bits per heavy atom. The van der Waals surface area contributed by atoms with Gasteiger partial charge in [-0.05, 0) is 96.5 Å². The minimum absolute atomic E-state index is 0.149. The molecular weight excluding hydrogens is 873 g/mol. The van der Waals surface area contributed by atoms with Crippen LogP contribution in [0.5, 0.6) is 23.0 Å². The van der Waals surface area contributed by atoms with Gasteiger partial charge in [-0.2, -0.15) is 0 Å². The van der Waals surface area contributed by atoms with E-state index in [1.54, 1.807) is 72.8 Å². The van der Waals surface area contributed by atoms with Crippen molar-refractivity contribution in [2.45, 2.75) is 107 Å². The number of rotatable bonds is 10. The number of benzene rings is 4. The van der Waals surface area contributed by atoms with Crippen molar-refractivity contribution in [3.05, 3.63) is 159 Å². The van der Waals surface area contributed by atoms with Gasteiger partial charge in [-0.25, -0.2) is 19.2 Å². The molecule has 8 aromatic rings. The van der Waals surface area contributed by atoms with Gasteiger partial charge in [0.2, 0.25) is 0 Å². The second kappa shape index (κ2) is 23.8. The van der Waals surface area contributed by atoms with Crippen LogP contribution in [0.3, 0.4) is 0 Å². The van der Waals surface area contributed by atoms with Gasteiger partial charge in [0, 0.05) is 0 Å². The van der Waals surface area contributed by atoms with E-state index in [0.717, 1.165) is 22.3 Å². The van der Waals surface area contributed by atoms with Crippen LogP contribution in [0.1, 0.15) is 126 Å². The Morgan fingerprint density at radius 2 is 0.662 bits per heavy atom. The molecule has 8 rings (SSSR count). The SMILES string of the molecule is CC.CC.CC.CCc1ccc2oc(=O)c(C(C=O)c3c(O)c4cc(CC)ccc4oc3=O)c(O)c2c1.CCc1ccc2oc(=O)c(C(CO)c3c(O)c4cc(CC)ccc4oc3=O)c(O)c2c1. The Morgan fingerprint density at radius 3 is 0.882 bits per heavy atom. The minimum atomic E-state index is -1.57. The Bertz CT molecular complexity index is 3080. The average Bonchev–Trinajstić information content (AvgIpc) is 3.36. The summed E-state index contributed by atoms with van der Waals surface area (Å²) in [4.78, 5) is 62.8. The first-order chi connectivity index (χ1) is 32.8. The largest absolute Gasteiger partial charge is 0.507 e. The van der Waals surface area contributed by atoms with Gasteiger partial charge in [0.05, 0.1) is 62.2 Å². The predicted molar refractivity (Wildman–Crippen MR) is 265 cm³/mol. The summed E-state index contributed by atoms with van der Waals surface area (Å²) in [6, 6.07) is 20.0. The third-order valence-electron chi connectivity index (χ3n) is 11.2. The molecule has 0 atom stereocenters. The van der Waals surface area contributed by atoms with Crippen LogP contribution in [0.2, 0.25) is 0 Å². The van der Waals surface area contributed by atoms with Gasteiger partial charge in [-0.3, -0.25) is 0 Å². The molecule has 360 valence electrons. The molecule has 4 aromatic heterocycles. The van der Waals surface area contributed by atoms with E-state index >= 15 is 0 Å². The summed E-state index contributed by atoms with van der Waals surface area (Å²) in [6.07, 6.45) is 3.05. The number of fused-ring (bicyclic) bond motifs is 4. The fraction of sp³-hybridized carbons (Fsp3) is 0.315. The molecule has 4 heterocycles. The van der Waals surface area contributed by atoms with E-state index in [-0.39, 0.29) is 55.0 Å². The van der Waals surface area contributed by atoms with Gasteiger partial charge in [-0.1, -0.05) is 93.5 Å². The molecular formula is C54H60O14. The molecule has 4 aromatic carbocycles. The summed E-state index contributed by atoms with van der Waals surface area (Å²) in [6.45, 7) is 19.0. The smallest absolute Gasteiger partial charge is 0.344 e. The Kier molecular flexibility index (Phi) is 18.6. The van der Waals surface area contributed by atoms with Crippen molar-refractivity contribution in [1.29, 1.82) is 0 Å². The third-order valence-corrected chi connectivity index (χ3v) is 11.2. The summed E-state index contributed by atoms with van der Waals surface area (Å²) >= 11 is 0. The van der Waals surface area contributed by atoms with Crippen molar-refractivity contribution >= 4 is 50.2 Å². The molecule has 5 N–H and O–H groups in total. The lowest BCUT2D eigenvalue weighted by atomic mass is 9.90. The van der Waals surface area contributed by atoms with Crippen molar-refractivity contribution < 1.29 is 48.0 Å². The molecule has 0 radical (unpaired) electrons. The van der Waals surface area contributed by atoms with Crippen LogP contribution in [0.25, 0.3) is 43.9 Å². The Hall–Kier alpha value is -7.45. The molecule has 68 heavy (non-hydrogen) atoms. The monoisotopic (exact) mass is 932 g/mol. The van der Waals surface area contributed by atoms with Crippen molar-refractivity contribution in [3.8, 4) is 23.0 Å². The molecule has 0 unspecified atom stereocenters. The molecule has 0 saturated heterocycles. The van der Waals surface area contributed by atoms with Gasteiger partial charge in [-0.15, -0.1) is 0 Å². The first kappa shape index (κ1) is 53.2. The van der Waals surface area contributed by atoms with Crippen LogP contribution in [-0.2, 0) is 30.5 Å². The third kappa shape index (κ3) is 10.4. The van der Waals surface area contributed by atoms with E-state index in [9.17, 15) is 49.5 Å². The molecule has 0 aliphatic heterocycles. The molecule has 14 nitrogen and oxygen atoms in total. The van der Waals surface area contributed by atoms with Crippen LogP contribution >= 0.6 is 0 Å². The molecule has 0 bridgehead atoms. The minimum Gasteiger partial charge on any atom is -0.507 e. The maximum Gasteiger partial charge on any atom is 0.344 e. The van der Waals surface area contributed by atoms with Gasteiger partial charge >= 0.3 is 22.5 Å². The highest BCUT2D eigenvalue weighted by atomic mass is 16.4. The van der Waals surface area contributed by atoms with Crippen LogP contribution < -0.4 is 22.5 Å². The van der Waals surface area contributed by atoms with E-state index in [1.807, 2.05) is 69.2 Å². The molecule has 0 aliphatic rings. The maximum atomic E-state index is 12.7. The number of aldehydes is 1. The van der Waals surface area contributed by atoms with E-state index in [1.165, 1.54) is 0 Å². The lowest BCUT2D eigenvalue weighted by molar-refractivity contribution is -0.108. The summed E-state index contributed by atoms with van der Waals surface area (Å²) in [5.74, 6) is -4.66. The number of aromatic hydroxyl groups is 4. The average molecular weight is 933 g/mol. The highest BCUT2D eigenvalue weighted by molar-refractivity contribution is 5.90. The molecule has 0 fully saturated rings. The number of carbonyl (C=O) groups is 1. The lowest BCUT2D eigenvalue weighted by Gasteiger charge is -2.17. The standard InChI is InChI=1S/C24H22O7.C24H20O7.3C2H6/c2*1-3-12-5-7-17-14(9-12)21(26)19(23(28)30-17)16(11-25)20-22(27)15-10-13(4-2)6-8-18(15)31-24(20)29;3*1-2/h5-10,16,25-27H,3-4,11H2,1-2H3;5-11,16,26-27H,3-4H2,1-2H3;3*1-2H3. The van der Waals surface area contributed by atoms with E-state index in [0.29, 0.717) is 32.0 Å². The molecule has 0 saturated carbocycles. The maximum absolute atomic E-state index is 12.7. The van der Waals surface area contributed by atoms with Crippen molar-refractivity contribution in [2.24, 2.45) is 0 Å². The Balaban J connectivity index is 0.000000267. The van der Waals surface area contributed by atoms with Gasteiger partial charge in [0.1, 0.15) is 51.6 Å². The number of aliphatic hydroxyl groups excluding tert-OH is 1. The second-order valence-electron chi connectivity index (χ2n) is 14.7. The number of aryl methyl sites for hydroxylation is 4. The zero-order valence-electron chi connectivity index (χ0n) is 40.1. The topological polar surface area (TPSA) is 239 Å². The second-order valence-corrected chi connectivity index (χ2v) is 14.7. The number of hydrogen-bond acceptors (Lipinski definition) is 14. The quantitative estimate of drug-likeness (QED) is 0.0633. The van der Waals surface area contributed by atoms with E-state index in [4.69, 9.17) is 17.7 Å². The summed E-state index contributed by atoms with van der Waals surface area (Å²) in [5, 5.41) is 54.7. The van der Waals surface area contributed by atoms with Crippen LogP contribution in [0, 0.1) is 0 Å². The van der Waals surface area contributed by atoms with Gasteiger partial charge in [0.25, 0.3) is 0 Å². The number of hydrogen-bond donors (Lipinski definition) is 5. The summed E-state index contributed by atoms with van der Waals surface area (Å²) in [5.41, 5.74) is -1.01. The number of aliphatic hydroxyl groups is 1. The normalized spacial score (nSPS) is 10.8. The lowest BCUT2D eigenvalue weighted by Crippen LogP contribution is -2.22. The summed E-state index contributed by atoms with van der Waals surface area (Å²) in [7, 11) is 0. The first-order valence-corrected chi connectivity index (χ1v) is 23.0. The van der Waals surface area contributed by atoms with Crippen molar-refractivity contribution in [2.75, 3.05) is 6.61 Å². The first-order valence-electron chi connectivity index (χ1n) is 23.0. The van der Waals surface area contributed by atoms with Crippen molar-refractivity contribution in [1.82, 2.24) is 0 Å². The van der Waals surface area contributed by atoms with Crippen LogP contribution in [-0.4, -0.2) is 38.4 Å². The van der Waals surface area contributed by atoms with Gasteiger partial charge < -0.3 is 48.0 Å². The summed E-state index contributed by atoms with van der Waals surface area (Å²) < 4.78 is 21.3. The van der Waals surface area contributed by atoms with Crippen LogP contribution in [0.15, 0.2) is 110 Å². The predicted octanol–water partition coefficient (Wildman–Crippen LogP) is 10.4. The van der Waals surface area contributed by atoms with Crippen molar-refractivity contribution in [3.63, 3.8) is 0 Å². The zero-order valence-corrected chi connectivity index (χ0v) is 40.1. The fourth-order valence-electron chi connectivity index (χ4n) is 7.64. The fourth-order valence-corrected chi connectivity index (χ4v) is 7.64. The van der Waals surface area contributed by atoms with Crippen LogP contribution in [0.4, 0.5) is 0 Å². The molecule has 0 amide bonds. The molecule has 0 aliphatic carbocycles. The van der Waals surface area contributed by atoms with Gasteiger partial charge in [0.15, 0.2) is 0 Å². The Labute approximate surface area is 392 Å². The number of carbonyl (C=O) groups excluding carboxylic acids is 1. The molecule has 0 spiro atoms. The zero-order chi connectivity index (χ0) is 50.6. The highest BCUT2D eigenvalue weighted by Crippen LogP contribution is 2.40. The van der Waals surface area contributed by atoms with E-state index in [2.05, 4.69) is 0 Å².